The van der Waals surface area contributed by atoms with E-state index in [0.717, 1.165) is 28.3 Å². The van der Waals surface area contributed by atoms with Crippen LogP contribution in [0.5, 0.6) is 0 Å². The molecule has 2 aliphatic heterocycles. The summed E-state index contributed by atoms with van der Waals surface area (Å²) < 4.78 is 0. The Morgan fingerprint density at radius 3 is 2.74 bits per heavy atom. The first-order valence-electron chi connectivity index (χ1n) is 14.3. The molecule has 13 heteroatoms. The highest BCUT2D eigenvalue weighted by molar-refractivity contribution is 7.14. The van der Waals surface area contributed by atoms with E-state index in [1.165, 1.54) is 17.7 Å². The number of amides is 2. The molecular formula is C29H38N10O2S. The first kappa shape index (κ1) is 29.5. The summed E-state index contributed by atoms with van der Waals surface area (Å²) in [5, 5.41) is 9.30. The van der Waals surface area contributed by atoms with Gasteiger partial charge in [-0.05, 0) is 56.9 Å². The Bertz CT molecular complexity index is 1440. The fourth-order valence-electron chi connectivity index (χ4n) is 5.33. The highest BCUT2D eigenvalue weighted by Crippen LogP contribution is 2.34. The molecule has 1 atom stereocenters. The molecule has 2 amide bonds. The Morgan fingerprint density at radius 1 is 1.24 bits per heavy atom. The molecule has 12 nitrogen and oxygen atoms in total. The van der Waals surface area contributed by atoms with Crippen LogP contribution in [-0.2, 0) is 9.59 Å². The van der Waals surface area contributed by atoms with Crippen LogP contribution < -0.4 is 16.4 Å². The van der Waals surface area contributed by atoms with E-state index < -0.39 is 0 Å². The number of anilines is 2. The average molecular weight is 591 g/mol. The molecule has 0 radical (unpaired) electrons. The third-order valence-electron chi connectivity index (χ3n) is 7.90. The monoisotopic (exact) mass is 590 g/mol. The summed E-state index contributed by atoms with van der Waals surface area (Å²) in [7, 11) is 1.63. The van der Waals surface area contributed by atoms with Gasteiger partial charge in [-0.3, -0.25) is 24.4 Å². The number of carbonyl (C=O) groups excluding carboxylic acids is 2. The molecule has 0 spiro atoms. The maximum Gasteiger partial charge on any atom is 0.237 e. The van der Waals surface area contributed by atoms with E-state index in [-0.39, 0.29) is 30.2 Å². The molecule has 5 rings (SSSR count). The zero-order valence-corrected chi connectivity index (χ0v) is 24.9. The normalized spacial score (nSPS) is 19.8. The van der Waals surface area contributed by atoms with Gasteiger partial charge in [-0.1, -0.05) is 6.08 Å². The number of amidine groups is 1. The van der Waals surface area contributed by atoms with E-state index in [0.29, 0.717) is 74.3 Å². The molecule has 1 saturated heterocycles. The first-order chi connectivity index (χ1) is 20.3. The van der Waals surface area contributed by atoms with Gasteiger partial charge in [-0.2, -0.15) is 0 Å². The Labute approximate surface area is 249 Å². The summed E-state index contributed by atoms with van der Waals surface area (Å²) in [5.41, 5.74) is 14.6. The highest BCUT2D eigenvalue weighted by Gasteiger charge is 2.34. The fourth-order valence-corrected chi connectivity index (χ4v) is 6.22. The number of hydrogen-bond donors (Lipinski definition) is 3. The summed E-state index contributed by atoms with van der Waals surface area (Å²) in [6, 6.07) is 3.49. The van der Waals surface area contributed by atoms with Gasteiger partial charge in [0.15, 0.2) is 0 Å². The summed E-state index contributed by atoms with van der Waals surface area (Å²) in [6.45, 7) is 5.04. The lowest BCUT2D eigenvalue weighted by molar-refractivity contribution is -0.132. The summed E-state index contributed by atoms with van der Waals surface area (Å²) in [4.78, 5) is 50.1. The molecule has 3 aliphatic rings. The zero-order chi connectivity index (χ0) is 29.8. The third-order valence-corrected chi connectivity index (χ3v) is 8.99. The number of nitrogens with one attached hydrogen (secondary N) is 1. The second-order valence-electron chi connectivity index (χ2n) is 10.8. The van der Waals surface area contributed by atoms with Crippen LogP contribution in [0.1, 0.15) is 48.2 Å². The van der Waals surface area contributed by atoms with Crippen LogP contribution in [0, 0.1) is 17.2 Å². The number of nitrogen functional groups attached to an aromatic ring is 1. The number of aromatic nitrogens is 2. The van der Waals surface area contributed by atoms with E-state index in [2.05, 4.69) is 30.9 Å². The van der Waals surface area contributed by atoms with Gasteiger partial charge < -0.3 is 21.8 Å². The lowest BCUT2D eigenvalue weighted by atomic mass is 10.1. The van der Waals surface area contributed by atoms with Crippen molar-refractivity contribution in [3.8, 4) is 0 Å². The van der Waals surface area contributed by atoms with E-state index in [1.807, 2.05) is 11.8 Å². The predicted octanol–water partition coefficient (Wildman–Crippen LogP) is 2.25. The van der Waals surface area contributed by atoms with Crippen LogP contribution in [0.3, 0.4) is 0 Å². The van der Waals surface area contributed by atoms with Crippen LogP contribution in [0.2, 0.25) is 0 Å². The largest absolute Gasteiger partial charge is 0.397 e. The topological polar surface area (TPSA) is 170 Å². The first-order valence-corrected chi connectivity index (χ1v) is 15.2. The molecule has 0 aromatic carbocycles. The van der Waals surface area contributed by atoms with Gasteiger partial charge in [-0.25, -0.2) is 15.0 Å². The maximum atomic E-state index is 13.5. The number of hydrogen-bond acceptors (Lipinski definition) is 9. The van der Waals surface area contributed by atoms with Crippen molar-refractivity contribution in [3.63, 3.8) is 0 Å². The van der Waals surface area contributed by atoms with Gasteiger partial charge in [-0.15, -0.1) is 11.3 Å². The minimum absolute atomic E-state index is 0.00496. The molecule has 222 valence electrons. The van der Waals surface area contributed by atoms with Gasteiger partial charge in [0, 0.05) is 45.3 Å². The van der Waals surface area contributed by atoms with Crippen LogP contribution in [-0.4, -0.2) is 95.8 Å². The Hall–Kier alpha value is -3.97. The lowest BCUT2D eigenvalue weighted by Gasteiger charge is -2.28. The molecule has 2 aromatic heterocycles. The Kier molecular flexibility index (Phi) is 9.07. The third kappa shape index (κ3) is 6.57. The van der Waals surface area contributed by atoms with E-state index in [9.17, 15) is 9.59 Å². The number of nitrogens with zero attached hydrogens (tertiary/aromatic N) is 7. The van der Waals surface area contributed by atoms with E-state index in [1.54, 1.807) is 30.3 Å². The molecule has 5 N–H and O–H groups in total. The fraction of sp³-hybridized carbons (Fsp3) is 0.483. The number of likely N-dealkylation sites (tertiary alicyclic amines) is 1. The van der Waals surface area contributed by atoms with Gasteiger partial charge in [0.1, 0.15) is 28.7 Å². The van der Waals surface area contributed by atoms with Crippen LogP contribution in [0.15, 0.2) is 34.4 Å². The highest BCUT2D eigenvalue weighted by atomic mass is 32.1. The average Bonchev–Trinajstić information content (AvgIpc) is 3.54. The molecule has 4 heterocycles. The van der Waals surface area contributed by atoms with Crippen LogP contribution >= 0.6 is 11.3 Å². The number of thiazole rings is 1. The number of pyridine rings is 1. The van der Waals surface area contributed by atoms with Crippen molar-refractivity contribution in [1.82, 2.24) is 19.8 Å². The smallest absolute Gasteiger partial charge is 0.237 e. The second-order valence-corrected chi connectivity index (χ2v) is 11.9. The second kappa shape index (κ2) is 12.9. The lowest BCUT2D eigenvalue weighted by Crippen LogP contribution is -2.42. The van der Waals surface area contributed by atoms with Crippen molar-refractivity contribution in [2.45, 2.75) is 32.6 Å². The van der Waals surface area contributed by atoms with Gasteiger partial charge in [0.2, 0.25) is 11.8 Å². The van der Waals surface area contributed by atoms with Crippen molar-refractivity contribution in [2.24, 2.45) is 27.6 Å². The zero-order valence-electron chi connectivity index (χ0n) is 24.1. The van der Waals surface area contributed by atoms with Crippen molar-refractivity contribution in [3.05, 3.63) is 40.0 Å². The SMILES string of the molecule is CCN(C(=O)[C@@H]1CCN(CC(=O)N2CC=C(c3ncc(C(N)=NC=NC)s3)CC2)C1)c1ccc(N)c(C(=N)C2CC2)n1. The number of aliphatic imine (C=N–C) groups is 2. The molecule has 1 saturated carbocycles. The molecule has 0 bridgehead atoms. The van der Waals surface area contributed by atoms with E-state index in [4.69, 9.17) is 16.9 Å². The maximum absolute atomic E-state index is 13.5. The van der Waals surface area contributed by atoms with Crippen molar-refractivity contribution in [1.29, 1.82) is 5.41 Å². The Balaban J connectivity index is 1.15. The van der Waals surface area contributed by atoms with Gasteiger partial charge in [0.25, 0.3) is 0 Å². The molecular weight excluding hydrogens is 552 g/mol. The molecule has 2 aromatic rings. The van der Waals surface area contributed by atoms with Crippen molar-refractivity contribution in [2.75, 3.05) is 56.9 Å². The van der Waals surface area contributed by atoms with Crippen LogP contribution in [0.4, 0.5) is 11.5 Å². The summed E-state index contributed by atoms with van der Waals surface area (Å²) in [5.74, 6) is 0.966. The quantitative estimate of drug-likeness (QED) is 0.281. The van der Waals surface area contributed by atoms with Gasteiger partial charge >= 0.3 is 0 Å². The predicted molar refractivity (Wildman–Crippen MR) is 167 cm³/mol. The van der Waals surface area contributed by atoms with Crippen molar-refractivity contribution < 1.29 is 9.59 Å². The van der Waals surface area contributed by atoms with Gasteiger partial charge in [0.05, 0.1) is 28.7 Å². The van der Waals surface area contributed by atoms with Crippen LogP contribution in [0.25, 0.3) is 5.57 Å². The van der Waals surface area contributed by atoms with E-state index >= 15 is 0 Å². The minimum Gasteiger partial charge on any atom is -0.397 e. The summed E-state index contributed by atoms with van der Waals surface area (Å²) in [6.07, 6.45) is 8.55. The number of nitrogens with two attached hydrogens (primary N) is 2. The standard InChI is InChI=1S/C29H38N10O2S/c1-3-39(23-7-6-21(30)26(36-23)25(31)18-4-5-18)29(41)20-8-11-37(15-20)16-24(40)38-12-9-19(10-13-38)28-34-14-22(42-28)27(32)35-17-33-2/h6-7,9,14,17-18,20,31H,3-5,8,10-13,15-16,30H2,1-2H3,(H2,32,33,35)/t20-/m1/s1. The number of carbonyl (C=O) groups is 2. The summed E-state index contributed by atoms with van der Waals surface area (Å²) >= 11 is 1.48. The Morgan fingerprint density at radius 2 is 2.05 bits per heavy atom. The molecule has 1 aliphatic carbocycles. The number of rotatable bonds is 10. The minimum atomic E-state index is -0.213. The van der Waals surface area contributed by atoms with Crippen molar-refractivity contribution >= 4 is 58.1 Å². The molecule has 0 unspecified atom stereocenters. The molecule has 2 fully saturated rings. The molecule has 42 heavy (non-hydrogen) atoms.